The summed E-state index contributed by atoms with van der Waals surface area (Å²) in [7, 11) is 3.86. The lowest BCUT2D eigenvalue weighted by Crippen LogP contribution is -2.13. The monoisotopic (exact) mass is 305 g/mol. The fourth-order valence-electron chi connectivity index (χ4n) is 2.71. The first-order chi connectivity index (χ1) is 10.1. The number of ketones is 1. The molecule has 1 aliphatic carbocycles. The molecule has 1 fully saturated rings. The van der Waals surface area contributed by atoms with Crippen molar-refractivity contribution < 1.29 is 4.79 Å². The van der Waals surface area contributed by atoms with Crippen LogP contribution in [-0.2, 0) is 4.79 Å². The SMILES string of the molecule is CSc1nccc(/C(=C\N(C)C)C(=O)CC2CCCC2)n1. The summed E-state index contributed by atoms with van der Waals surface area (Å²) in [5, 5.41) is 0.700. The Labute approximate surface area is 131 Å². The van der Waals surface area contributed by atoms with E-state index in [-0.39, 0.29) is 5.78 Å². The molecule has 0 saturated heterocycles. The number of carbonyl (C=O) groups is 1. The molecular formula is C16H23N3OS. The number of rotatable bonds is 6. The average molecular weight is 305 g/mol. The Hall–Kier alpha value is -1.36. The molecule has 1 aliphatic rings. The van der Waals surface area contributed by atoms with Crippen LogP contribution in [0.15, 0.2) is 23.6 Å². The summed E-state index contributed by atoms with van der Waals surface area (Å²) in [4.78, 5) is 23.2. The zero-order valence-electron chi connectivity index (χ0n) is 13.0. The average Bonchev–Trinajstić information content (AvgIpc) is 2.97. The summed E-state index contributed by atoms with van der Waals surface area (Å²) in [5.74, 6) is 0.742. The Morgan fingerprint density at radius 2 is 2.14 bits per heavy atom. The zero-order chi connectivity index (χ0) is 15.2. The first-order valence-corrected chi connectivity index (χ1v) is 8.61. The van der Waals surface area contributed by atoms with Crippen molar-refractivity contribution in [2.45, 2.75) is 37.3 Å². The minimum absolute atomic E-state index is 0.196. The van der Waals surface area contributed by atoms with E-state index in [2.05, 4.69) is 9.97 Å². The van der Waals surface area contributed by atoms with Gasteiger partial charge in [0.05, 0.1) is 11.3 Å². The second kappa shape index (κ2) is 7.59. The van der Waals surface area contributed by atoms with Gasteiger partial charge in [0.1, 0.15) is 0 Å². The second-order valence-electron chi connectivity index (χ2n) is 5.71. The summed E-state index contributed by atoms with van der Waals surface area (Å²) in [6, 6.07) is 1.82. The second-order valence-corrected chi connectivity index (χ2v) is 6.49. The number of hydrogen-bond acceptors (Lipinski definition) is 5. The normalized spacial score (nSPS) is 16.2. The van der Waals surface area contributed by atoms with E-state index in [0.717, 1.165) is 5.69 Å². The van der Waals surface area contributed by atoms with Crippen LogP contribution in [0.5, 0.6) is 0 Å². The molecule has 1 heterocycles. The first kappa shape index (κ1) is 16.0. The molecule has 2 rings (SSSR count). The van der Waals surface area contributed by atoms with Gasteiger partial charge in [-0.2, -0.15) is 0 Å². The van der Waals surface area contributed by atoms with Crippen molar-refractivity contribution in [2.75, 3.05) is 20.4 Å². The molecule has 0 amide bonds. The number of Topliss-reactive ketones (excluding diaryl/α,β-unsaturated/α-hetero) is 1. The summed E-state index contributed by atoms with van der Waals surface area (Å²) in [6.45, 7) is 0. The quantitative estimate of drug-likeness (QED) is 0.458. The van der Waals surface area contributed by atoms with Gasteiger partial charge in [0.25, 0.3) is 0 Å². The molecule has 1 aromatic rings. The number of carbonyl (C=O) groups excluding carboxylic acids is 1. The Bertz CT molecular complexity index is 522. The van der Waals surface area contributed by atoms with E-state index in [0.29, 0.717) is 23.1 Å². The van der Waals surface area contributed by atoms with Crippen molar-refractivity contribution >= 4 is 23.1 Å². The van der Waals surface area contributed by atoms with Crippen molar-refractivity contribution in [3.8, 4) is 0 Å². The van der Waals surface area contributed by atoms with Crippen LogP contribution in [0.2, 0.25) is 0 Å². The molecule has 1 saturated carbocycles. The van der Waals surface area contributed by atoms with Gasteiger partial charge in [-0.3, -0.25) is 4.79 Å². The van der Waals surface area contributed by atoms with Crippen LogP contribution in [0.3, 0.4) is 0 Å². The predicted molar refractivity (Wildman–Crippen MR) is 87.1 cm³/mol. The lowest BCUT2D eigenvalue weighted by molar-refractivity contribution is -0.114. The molecule has 114 valence electrons. The lowest BCUT2D eigenvalue weighted by Gasteiger charge is -2.13. The lowest BCUT2D eigenvalue weighted by atomic mass is 9.96. The van der Waals surface area contributed by atoms with Crippen molar-refractivity contribution in [1.29, 1.82) is 0 Å². The number of nitrogens with zero attached hydrogens (tertiary/aromatic N) is 3. The number of hydrogen-bond donors (Lipinski definition) is 0. The molecule has 0 spiro atoms. The molecule has 0 N–H and O–H groups in total. The molecule has 0 aromatic carbocycles. The van der Waals surface area contributed by atoms with Crippen LogP contribution >= 0.6 is 11.8 Å². The van der Waals surface area contributed by atoms with Gasteiger partial charge >= 0.3 is 0 Å². The molecule has 0 radical (unpaired) electrons. The van der Waals surface area contributed by atoms with Gasteiger partial charge in [0, 0.05) is 32.9 Å². The Balaban J connectivity index is 2.22. The number of allylic oxidation sites excluding steroid dienone is 1. The van der Waals surface area contributed by atoms with Crippen LogP contribution < -0.4 is 0 Å². The van der Waals surface area contributed by atoms with Gasteiger partial charge in [-0.15, -0.1) is 0 Å². The van der Waals surface area contributed by atoms with Gasteiger partial charge < -0.3 is 4.90 Å². The topological polar surface area (TPSA) is 46.1 Å². The van der Waals surface area contributed by atoms with Crippen molar-refractivity contribution in [3.63, 3.8) is 0 Å². The van der Waals surface area contributed by atoms with E-state index in [1.54, 1.807) is 6.20 Å². The highest BCUT2D eigenvalue weighted by molar-refractivity contribution is 7.98. The smallest absolute Gasteiger partial charge is 0.187 e. The molecule has 0 unspecified atom stereocenters. The Morgan fingerprint density at radius 3 is 2.76 bits per heavy atom. The van der Waals surface area contributed by atoms with Crippen LogP contribution in [0, 0.1) is 5.92 Å². The highest BCUT2D eigenvalue weighted by Crippen LogP contribution is 2.30. The fourth-order valence-corrected chi connectivity index (χ4v) is 3.07. The maximum atomic E-state index is 12.7. The van der Waals surface area contributed by atoms with Gasteiger partial charge in [-0.05, 0) is 18.2 Å². The summed E-state index contributed by atoms with van der Waals surface area (Å²) in [6.07, 6.45) is 11.1. The van der Waals surface area contributed by atoms with Crippen LogP contribution in [0.1, 0.15) is 37.8 Å². The zero-order valence-corrected chi connectivity index (χ0v) is 13.8. The van der Waals surface area contributed by atoms with E-state index in [4.69, 9.17) is 0 Å². The Kier molecular flexibility index (Phi) is 5.79. The molecule has 0 bridgehead atoms. The van der Waals surface area contributed by atoms with Crippen LogP contribution in [-0.4, -0.2) is 41.0 Å². The van der Waals surface area contributed by atoms with E-state index in [9.17, 15) is 4.79 Å². The summed E-state index contributed by atoms with van der Waals surface area (Å²) in [5.41, 5.74) is 1.43. The minimum Gasteiger partial charge on any atom is -0.383 e. The third kappa shape index (κ3) is 4.56. The highest BCUT2D eigenvalue weighted by atomic mass is 32.2. The molecular weight excluding hydrogens is 282 g/mol. The van der Waals surface area contributed by atoms with Gasteiger partial charge in [0.2, 0.25) is 0 Å². The third-order valence-corrected chi connectivity index (χ3v) is 4.29. The van der Waals surface area contributed by atoms with E-state index >= 15 is 0 Å². The third-order valence-electron chi connectivity index (χ3n) is 3.73. The fraction of sp³-hybridized carbons (Fsp3) is 0.562. The molecule has 21 heavy (non-hydrogen) atoms. The molecule has 5 heteroatoms. The number of aromatic nitrogens is 2. The van der Waals surface area contributed by atoms with E-state index in [1.165, 1.54) is 37.4 Å². The maximum Gasteiger partial charge on any atom is 0.187 e. The van der Waals surface area contributed by atoms with Crippen LogP contribution in [0.4, 0.5) is 0 Å². The summed E-state index contributed by atoms with van der Waals surface area (Å²) < 4.78 is 0. The van der Waals surface area contributed by atoms with Crippen molar-refractivity contribution in [1.82, 2.24) is 14.9 Å². The number of thioether (sulfide) groups is 1. The highest BCUT2D eigenvalue weighted by Gasteiger charge is 2.22. The van der Waals surface area contributed by atoms with E-state index < -0.39 is 0 Å². The maximum absolute atomic E-state index is 12.7. The van der Waals surface area contributed by atoms with Crippen LogP contribution in [0.25, 0.3) is 5.57 Å². The van der Waals surface area contributed by atoms with Gasteiger partial charge in [-0.25, -0.2) is 9.97 Å². The molecule has 0 atom stereocenters. The summed E-state index contributed by atoms with van der Waals surface area (Å²) >= 11 is 1.49. The van der Waals surface area contributed by atoms with E-state index in [1.807, 2.05) is 37.5 Å². The van der Waals surface area contributed by atoms with Crippen molar-refractivity contribution in [2.24, 2.45) is 5.92 Å². The molecule has 1 aromatic heterocycles. The predicted octanol–water partition coefficient (Wildman–Crippen LogP) is 3.25. The molecule has 4 nitrogen and oxygen atoms in total. The minimum atomic E-state index is 0.196. The van der Waals surface area contributed by atoms with Gasteiger partial charge in [0.15, 0.2) is 10.9 Å². The first-order valence-electron chi connectivity index (χ1n) is 7.39. The standard InChI is InChI=1S/C16H23N3OS/c1-19(2)11-13(14-8-9-17-16(18-14)21-3)15(20)10-12-6-4-5-7-12/h8-9,11-12H,4-7,10H2,1-3H3/b13-11+. The molecule has 0 aliphatic heterocycles. The Morgan fingerprint density at radius 1 is 1.43 bits per heavy atom. The van der Waals surface area contributed by atoms with Crippen molar-refractivity contribution in [3.05, 3.63) is 24.2 Å². The van der Waals surface area contributed by atoms with Gasteiger partial charge in [-0.1, -0.05) is 37.4 Å². The largest absolute Gasteiger partial charge is 0.383 e.